The van der Waals surface area contributed by atoms with Gasteiger partial charge < -0.3 is 15.0 Å². The topological polar surface area (TPSA) is 58.6 Å². The van der Waals surface area contributed by atoms with Crippen LogP contribution in [0.5, 0.6) is 5.75 Å². The molecule has 1 saturated carbocycles. The first-order valence-electron chi connectivity index (χ1n) is 11.4. The van der Waals surface area contributed by atoms with Gasteiger partial charge in [0.1, 0.15) is 11.8 Å². The first-order chi connectivity index (χ1) is 15.4. The lowest BCUT2D eigenvalue weighted by atomic mass is 10.1. The molecule has 1 atom stereocenters. The second kappa shape index (κ2) is 11.5. The van der Waals surface area contributed by atoms with Crippen molar-refractivity contribution in [1.29, 1.82) is 0 Å². The Bertz CT molecular complexity index is 923. The van der Waals surface area contributed by atoms with Crippen LogP contribution < -0.4 is 10.1 Å². The lowest BCUT2D eigenvalue weighted by Gasteiger charge is -2.29. The van der Waals surface area contributed by atoms with E-state index < -0.39 is 6.04 Å². The highest BCUT2D eigenvalue weighted by Crippen LogP contribution is 2.26. The van der Waals surface area contributed by atoms with Crippen molar-refractivity contribution in [3.63, 3.8) is 0 Å². The molecule has 0 bridgehead atoms. The third-order valence-corrected chi connectivity index (χ3v) is 6.72. The minimum absolute atomic E-state index is 0.106. The Morgan fingerprint density at radius 3 is 2.41 bits per heavy atom. The fraction of sp³-hybridized carbons (Fsp3) is 0.462. The van der Waals surface area contributed by atoms with Crippen molar-refractivity contribution in [1.82, 2.24) is 10.2 Å². The molecular weight excluding hydrogens is 468 g/mol. The second-order valence-electron chi connectivity index (χ2n) is 8.58. The lowest BCUT2D eigenvalue weighted by molar-refractivity contribution is -0.142. The molecule has 1 fully saturated rings. The number of carbonyl (C=O) groups excluding carboxylic acids is 2. The van der Waals surface area contributed by atoms with E-state index in [1.54, 1.807) is 11.8 Å². The third-order valence-electron chi connectivity index (χ3n) is 6.10. The molecule has 5 nitrogen and oxygen atoms in total. The van der Waals surface area contributed by atoms with Gasteiger partial charge in [0.2, 0.25) is 5.91 Å². The van der Waals surface area contributed by atoms with Crippen molar-refractivity contribution in [2.45, 2.75) is 71.5 Å². The van der Waals surface area contributed by atoms with Crippen LogP contribution in [-0.2, 0) is 22.6 Å². The molecule has 2 aromatic rings. The zero-order valence-corrected chi connectivity index (χ0v) is 20.8. The number of ether oxygens (including phenoxy) is 1. The fourth-order valence-corrected chi connectivity index (χ4v) is 4.51. The molecule has 1 aliphatic rings. The van der Waals surface area contributed by atoms with Gasteiger partial charge in [-0.3, -0.25) is 9.59 Å². The predicted octanol–water partition coefficient (Wildman–Crippen LogP) is 5.17. The Morgan fingerprint density at radius 2 is 1.78 bits per heavy atom. The largest absolute Gasteiger partial charge is 0.483 e. The maximum absolute atomic E-state index is 13.2. The highest BCUT2D eigenvalue weighted by Gasteiger charge is 2.28. The molecule has 0 aliphatic heterocycles. The first-order valence-corrected chi connectivity index (χ1v) is 12.2. The van der Waals surface area contributed by atoms with Crippen molar-refractivity contribution < 1.29 is 14.3 Å². The summed E-state index contributed by atoms with van der Waals surface area (Å²) in [5.41, 5.74) is 3.33. The van der Waals surface area contributed by atoms with E-state index >= 15 is 0 Å². The lowest BCUT2D eigenvalue weighted by Crippen LogP contribution is -2.50. The Morgan fingerprint density at radius 1 is 1.12 bits per heavy atom. The summed E-state index contributed by atoms with van der Waals surface area (Å²) in [6.07, 6.45) is 5.23. The number of hydrogen-bond acceptors (Lipinski definition) is 3. The summed E-state index contributed by atoms with van der Waals surface area (Å²) in [6, 6.07) is 13.5. The molecule has 0 spiro atoms. The second-order valence-corrected chi connectivity index (χ2v) is 9.43. The van der Waals surface area contributed by atoms with Crippen LogP contribution in [0, 0.1) is 6.92 Å². The Balaban J connectivity index is 1.71. The van der Waals surface area contributed by atoms with Crippen LogP contribution in [0.4, 0.5) is 0 Å². The molecule has 172 valence electrons. The van der Waals surface area contributed by atoms with Gasteiger partial charge in [-0.15, -0.1) is 0 Å². The van der Waals surface area contributed by atoms with Crippen LogP contribution in [0.1, 0.15) is 56.2 Å². The average Bonchev–Trinajstić information content (AvgIpc) is 3.30. The van der Waals surface area contributed by atoms with Crippen LogP contribution in [0.25, 0.3) is 0 Å². The Hall–Kier alpha value is -2.34. The smallest absolute Gasteiger partial charge is 0.261 e. The van der Waals surface area contributed by atoms with Crippen molar-refractivity contribution in [2.75, 3.05) is 6.61 Å². The van der Waals surface area contributed by atoms with Crippen LogP contribution in [0.15, 0.2) is 46.9 Å². The first kappa shape index (κ1) is 24.3. The minimum Gasteiger partial charge on any atom is -0.483 e. The van der Waals surface area contributed by atoms with Gasteiger partial charge in [-0.1, -0.05) is 55.7 Å². The highest BCUT2D eigenvalue weighted by atomic mass is 79.9. The predicted molar refractivity (Wildman–Crippen MR) is 131 cm³/mol. The van der Waals surface area contributed by atoms with E-state index in [-0.39, 0.29) is 24.5 Å². The van der Waals surface area contributed by atoms with E-state index in [1.807, 2.05) is 49.4 Å². The third kappa shape index (κ3) is 6.58. The number of carbonyl (C=O) groups is 2. The average molecular weight is 501 g/mol. The number of benzene rings is 2. The van der Waals surface area contributed by atoms with Crippen molar-refractivity contribution >= 4 is 27.7 Å². The summed E-state index contributed by atoms with van der Waals surface area (Å²) < 4.78 is 6.65. The molecule has 0 unspecified atom stereocenters. The van der Waals surface area contributed by atoms with Gasteiger partial charge in [-0.05, 0) is 72.3 Å². The van der Waals surface area contributed by atoms with Gasteiger partial charge in [-0.25, -0.2) is 0 Å². The Labute approximate surface area is 199 Å². The molecule has 0 radical (unpaired) electrons. The van der Waals surface area contributed by atoms with Crippen LogP contribution in [-0.4, -0.2) is 35.4 Å². The van der Waals surface area contributed by atoms with Crippen molar-refractivity contribution in [3.8, 4) is 5.75 Å². The molecule has 0 aromatic heterocycles. The van der Waals surface area contributed by atoms with E-state index in [4.69, 9.17) is 4.74 Å². The van der Waals surface area contributed by atoms with E-state index in [0.29, 0.717) is 12.3 Å². The zero-order chi connectivity index (χ0) is 23.1. The summed E-state index contributed by atoms with van der Waals surface area (Å²) in [6.45, 7) is 6.14. The summed E-state index contributed by atoms with van der Waals surface area (Å²) in [7, 11) is 0. The van der Waals surface area contributed by atoms with Gasteiger partial charge in [0.15, 0.2) is 6.61 Å². The molecule has 1 N–H and O–H groups in total. The molecule has 2 amide bonds. The standard InChI is InChI=1S/C26H33BrN2O3/c1-4-20-13-14-24(23(27)15-20)32-17-25(30)29(16-21-11-9-18(2)10-12-21)19(3)26(31)28-22-7-5-6-8-22/h9-15,19,22H,4-8,16-17H2,1-3H3,(H,28,31)/t19-/m1/s1. The van der Waals surface area contributed by atoms with Crippen LogP contribution in [0.2, 0.25) is 0 Å². The van der Waals surface area contributed by atoms with Gasteiger partial charge in [-0.2, -0.15) is 0 Å². The van der Waals surface area contributed by atoms with E-state index in [9.17, 15) is 9.59 Å². The SMILES string of the molecule is CCc1ccc(OCC(=O)N(Cc2ccc(C)cc2)[C@H](C)C(=O)NC2CCCC2)c(Br)c1. The van der Waals surface area contributed by atoms with Gasteiger partial charge in [0.25, 0.3) is 5.91 Å². The van der Waals surface area contributed by atoms with Crippen LogP contribution >= 0.6 is 15.9 Å². The number of aryl methyl sites for hydroxylation is 2. The zero-order valence-electron chi connectivity index (χ0n) is 19.2. The number of hydrogen-bond donors (Lipinski definition) is 1. The van der Waals surface area contributed by atoms with E-state index in [2.05, 4.69) is 28.2 Å². The maximum Gasteiger partial charge on any atom is 0.261 e. The van der Waals surface area contributed by atoms with E-state index in [0.717, 1.165) is 47.7 Å². The van der Waals surface area contributed by atoms with Gasteiger partial charge in [0, 0.05) is 12.6 Å². The molecular formula is C26H33BrN2O3. The normalized spacial score (nSPS) is 14.8. The molecule has 32 heavy (non-hydrogen) atoms. The fourth-order valence-electron chi connectivity index (χ4n) is 3.97. The van der Waals surface area contributed by atoms with E-state index in [1.165, 1.54) is 5.56 Å². The highest BCUT2D eigenvalue weighted by molar-refractivity contribution is 9.10. The summed E-state index contributed by atoms with van der Waals surface area (Å²) >= 11 is 3.52. The number of amides is 2. The summed E-state index contributed by atoms with van der Waals surface area (Å²) in [5, 5.41) is 3.12. The quantitative estimate of drug-likeness (QED) is 0.516. The van der Waals surface area contributed by atoms with Crippen LogP contribution in [0.3, 0.4) is 0 Å². The monoisotopic (exact) mass is 500 g/mol. The Kier molecular flexibility index (Phi) is 8.74. The number of nitrogens with one attached hydrogen (secondary N) is 1. The number of nitrogens with zero attached hydrogens (tertiary/aromatic N) is 1. The number of halogens is 1. The molecule has 0 saturated heterocycles. The molecule has 6 heteroatoms. The number of rotatable bonds is 9. The maximum atomic E-state index is 13.2. The summed E-state index contributed by atoms with van der Waals surface area (Å²) in [5.74, 6) is 0.297. The van der Waals surface area contributed by atoms with Gasteiger partial charge >= 0.3 is 0 Å². The summed E-state index contributed by atoms with van der Waals surface area (Å²) in [4.78, 5) is 27.8. The minimum atomic E-state index is -0.584. The molecule has 3 rings (SSSR count). The van der Waals surface area contributed by atoms with Crippen molar-refractivity contribution in [2.24, 2.45) is 0 Å². The molecule has 0 heterocycles. The van der Waals surface area contributed by atoms with Crippen molar-refractivity contribution in [3.05, 3.63) is 63.6 Å². The molecule has 2 aromatic carbocycles. The van der Waals surface area contributed by atoms with Gasteiger partial charge in [0.05, 0.1) is 4.47 Å². The molecule has 1 aliphatic carbocycles.